The first-order valence-corrected chi connectivity index (χ1v) is 20.1. The van der Waals surface area contributed by atoms with Gasteiger partial charge in [0.05, 0.1) is 34.8 Å². The summed E-state index contributed by atoms with van der Waals surface area (Å²) in [6.45, 7) is 1.15. The summed E-state index contributed by atoms with van der Waals surface area (Å²) in [4.78, 5) is 71.8. The number of pyridine rings is 1. The zero-order valence-corrected chi connectivity index (χ0v) is 36.5. The molecule has 0 aliphatic carbocycles. The van der Waals surface area contributed by atoms with E-state index in [1.165, 1.54) is 44.5 Å². The molecule has 2 heterocycles. The van der Waals surface area contributed by atoms with Crippen molar-refractivity contribution in [1.29, 1.82) is 0 Å². The van der Waals surface area contributed by atoms with Crippen molar-refractivity contribution in [3.05, 3.63) is 133 Å². The second-order valence-electron chi connectivity index (χ2n) is 12.2. The molecule has 21 nitrogen and oxygen atoms in total. The smallest absolute Gasteiger partial charge is 0.345 e. The van der Waals surface area contributed by atoms with Crippen molar-refractivity contribution in [2.45, 2.75) is 11.8 Å². The van der Waals surface area contributed by atoms with Gasteiger partial charge in [-0.25, -0.2) is 32.3 Å². The average Bonchev–Trinajstić information content (AvgIpc) is 3.26. The number of amides is 2. The number of nitrogens with one attached hydrogen (secondary N) is 1. The van der Waals surface area contributed by atoms with Gasteiger partial charge in [-0.05, 0) is 67.6 Å². The number of hydrogen-bond donors (Lipinski definition) is 3. The lowest BCUT2D eigenvalue weighted by Crippen LogP contribution is -2.42. The topological polar surface area (TPSA) is 290 Å². The van der Waals surface area contributed by atoms with Crippen LogP contribution >= 0.6 is 34.8 Å². The third-order valence-electron chi connectivity index (χ3n) is 7.85. The lowest BCUT2D eigenvalue weighted by molar-refractivity contribution is -0.385. The zero-order chi connectivity index (χ0) is 47.3. The molecular weight excluding hydrogens is 929 g/mol. The van der Waals surface area contributed by atoms with Gasteiger partial charge in [-0.3, -0.25) is 20.0 Å². The SMILES string of the molecule is COC(=O)c1cc(Oc2ccc(Cl)cc2Cl)ccc1[N+](=O)[O-].COc1nc(C)nc(N(C)C(=O)NS(=O)(=O)c2ccccc2C(=O)O)n1.O=C(O)COc1ccc(Cl)c2cccnc12. The van der Waals surface area contributed by atoms with E-state index in [0.29, 0.717) is 27.1 Å². The van der Waals surface area contributed by atoms with Gasteiger partial charge in [-0.2, -0.15) is 15.0 Å². The van der Waals surface area contributed by atoms with Crippen LogP contribution in [0.25, 0.3) is 10.9 Å². The number of fused-ring (bicyclic) bond motifs is 1. The normalized spacial score (nSPS) is 10.5. The number of carbonyl (C=O) groups excluding carboxylic acids is 2. The number of halogens is 3. The molecule has 0 unspecified atom stereocenters. The Morgan fingerprint density at radius 2 is 1.56 bits per heavy atom. The standard InChI is InChI=1S/C14H9Cl2NO5.C14H15N5O6S.C11H8ClNO3/c1-21-14(18)10-7-9(3-4-12(10)17(19)20)22-13-5-2-8(15)6-11(13)16;1-8-15-12(17-13(16-8)25-3)19(2)14(22)18-26(23,24)10-7-5-4-6-9(10)11(20)21;12-8-3-4-9(16-6-10(14)15)11-7(8)2-1-5-13-11/h2-7H,1H3;4-7H,1-3H3,(H,18,22)(H,20,21);1-5H,6H2,(H,14,15). The van der Waals surface area contributed by atoms with E-state index >= 15 is 0 Å². The molecule has 0 bridgehead atoms. The fraction of sp³-hybridized carbons (Fsp3) is 0.128. The molecule has 64 heavy (non-hydrogen) atoms. The number of nitrogens with zero attached hydrogens (tertiary/aromatic N) is 6. The number of methoxy groups -OCH3 is 2. The lowest BCUT2D eigenvalue weighted by Gasteiger charge is -2.17. The summed E-state index contributed by atoms with van der Waals surface area (Å²) in [5, 5.41) is 30.6. The van der Waals surface area contributed by atoms with Gasteiger partial charge in [0.25, 0.3) is 15.7 Å². The number of aromatic nitrogens is 4. The summed E-state index contributed by atoms with van der Waals surface area (Å²) in [5.41, 5.74) is -0.485. The summed E-state index contributed by atoms with van der Waals surface area (Å²) in [6.07, 6.45) is 1.60. The summed E-state index contributed by atoms with van der Waals surface area (Å²) >= 11 is 17.7. The van der Waals surface area contributed by atoms with E-state index in [1.54, 1.807) is 54.2 Å². The number of hydrogen-bond acceptors (Lipinski definition) is 16. The fourth-order valence-electron chi connectivity index (χ4n) is 4.96. The number of ether oxygens (including phenoxy) is 4. The van der Waals surface area contributed by atoms with Crippen molar-refractivity contribution in [1.82, 2.24) is 24.7 Å². The molecule has 3 N–H and O–H groups in total. The molecule has 0 atom stereocenters. The summed E-state index contributed by atoms with van der Waals surface area (Å²) < 4.78 is 46.6. The van der Waals surface area contributed by atoms with E-state index in [2.05, 4.69) is 24.7 Å². The Balaban J connectivity index is 0.000000216. The molecular formula is C39H32Cl3N7O14S. The van der Waals surface area contributed by atoms with Gasteiger partial charge in [0, 0.05) is 35.8 Å². The van der Waals surface area contributed by atoms with Crippen molar-refractivity contribution in [2.24, 2.45) is 0 Å². The third kappa shape index (κ3) is 13.1. The van der Waals surface area contributed by atoms with E-state index in [-0.39, 0.29) is 39.8 Å². The highest BCUT2D eigenvalue weighted by atomic mass is 35.5. The summed E-state index contributed by atoms with van der Waals surface area (Å²) in [7, 11) is -0.740. The Hall–Kier alpha value is -7.40. The number of carboxylic acid groups (broad SMARTS) is 2. The Kier molecular flexibility index (Phi) is 17.0. The lowest BCUT2D eigenvalue weighted by atomic mass is 10.1. The number of nitro benzene ring substituents is 1. The number of carbonyl (C=O) groups is 4. The maximum Gasteiger partial charge on any atom is 0.345 e. The largest absolute Gasteiger partial charge is 0.480 e. The quantitative estimate of drug-likeness (QED) is 0.0618. The number of urea groups is 1. The van der Waals surface area contributed by atoms with Gasteiger partial charge in [0.2, 0.25) is 5.95 Å². The van der Waals surface area contributed by atoms with Gasteiger partial charge < -0.3 is 29.2 Å². The van der Waals surface area contributed by atoms with Crippen molar-refractivity contribution in [3.63, 3.8) is 0 Å². The molecule has 2 amide bonds. The average molecular weight is 961 g/mol. The van der Waals surface area contributed by atoms with Crippen LogP contribution in [0.2, 0.25) is 15.1 Å². The second kappa shape index (κ2) is 22.1. The summed E-state index contributed by atoms with van der Waals surface area (Å²) in [5.74, 6) is -2.27. The minimum absolute atomic E-state index is 0.0498. The van der Waals surface area contributed by atoms with Crippen LogP contribution in [0.1, 0.15) is 26.5 Å². The molecule has 334 valence electrons. The van der Waals surface area contributed by atoms with Crippen LogP contribution in [0.15, 0.2) is 96.0 Å². The monoisotopic (exact) mass is 959 g/mol. The molecule has 6 aromatic rings. The van der Waals surface area contributed by atoms with E-state index in [4.69, 9.17) is 59.2 Å². The van der Waals surface area contributed by atoms with Gasteiger partial charge in [0.15, 0.2) is 6.61 Å². The fourth-order valence-corrected chi connectivity index (χ4v) is 6.80. The maximum atomic E-state index is 12.4. The van der Waals surface area contributed by atoms with Gasteiger partial charge in [-0.15, -0.1) is 0 Å². The molecule has 0 aliphatic heterocycles. The highest BCUT2D eigenvalue weighted by Crippen LogP contribution is 2.34. The molecule has 0 spiro atoms. The number of aromatic carboxylic acids is 1. The number of rotatable bonds is 12. The number of anilines is 1. The van der Waals surface area contributed by atoms with E-state index < -0.39 is 56.0 Å². The molecule has 6 rings (SSSR count). The van der Waals surface area contributed by atoms with Crippen molar-refractivity contribution < 1.29 is 61.7 Å². The van der Waals surface area contributed by atoms with Gasteiger partial charge in [-0.1, -0.05) is 46.9 Å². The molecule has 4 aromatic carbocycles. The highest BCUT2D eigenvalue weighted by Gasteiger charge is 2.27. The zero-order valence-electron chi connectivity index (χ0n) is 33.4. The Morgan fingerprint density at radius 1 is 0.859 bits per heavy atom. The number of benzene rings is 4. The molecule has 2 aromatic heterocycles. The van der Waals surface area contributed by atoms with Crippen LogP contribution in [0.5, 0.6) is 23.3 Å². The molecule has 0 radical (unpaired) electrons. The number of nitro groups is 1. The number of sulfonamides is 1. The predicted molar refractivity (Wildman–Crippen MR) is 229 cm³/mol. The first-order valence-electron chi connectivity index (χ1n) is 17.5. The maximum absolute atomic E-state index is 12.4. The van der Waals surface area contributed by atoms with Gasteiger partial charge >= 0.3 is 29.9 Å². The second-order valence-corrected chi connectivity index (χ2v) is 15.1. The van der Waals surface area contributed by atoms with Crippen LogP contribution in [-0.4, -0.2) is 95.3 Å². The molecule has 0 saturated heterocycles. The number of aryl methyl sites for hydroxylation is 1. The molecule has 0 fully saturated rings. The number of carboxylic acids is 2. The van der Waals surface area contributed by atoms with Crippen LogP contribution in [0.3, 0.4) is 0 Å². The first kappa shape index (κ1) is 49.3. The summed E-state index contributed by atoms with van der Waals surface area (Å²) in [6, 6.07) is 19.0. The first-order chi connectivity index (χ1) is 30.3. The van der Waals surface area contributed by atoms with Crippen LogP contribution < -0.4 is 23.8 Å². The van der Waals surface area contributed by atoms with E-state index in [0.717, 1.165) is 35.6 Å². The molecule has 25 heteroatoms. The Bertz CT molecular complexity index is 2860. The van der Waals surface area contributed by atoms with E-state index in [9.17, 15) is 37.7 Å². The molecule has 0 aliphatic rings. The highest BCUT2D eigenvalue weighted by molar-refractivity contribution is 7.90. The van der Waals surface area contributed by atoms with E-state index in [1.807, 2.05) is 0 Å². The number of aliphatic carboxylic acids is 1. The van der Waals surface area contributed by atoms with Crippen LogP contribution in [-0.2, 0) is 19.6 Å². The van der Waals surface area contributed by atoms with Crippen LogP contribution in [0.4, 0.5) is 16.4 Å². The predicted octanol–water partition coefficient (Wildman–Crippen LogP) is 7.25. The molecule has 0 saturated carbocycles. The minimum atomic E-state index is -4.44. The minimum Gasteiger partial charge on any atom is -0.480 e. The third-order valence-corrected chi connectivity index (χ3v) is 10.1. The Labute approximate surface area is 377 Å². The Morgan fingerprint density at radius 3 is 2.20 bits per heavy atom. The van der Waals surface area contributed by atoms with Crippen LogP contribution in [0, 0.1) is 17.0 Å². The van der Waals surface area contributed by atoms with Crippen molar-refractivity contribution in [2.75, 3.05) is 32.8 Å². The van der Waals surface area contributed by atoms with Crippen molar-refractivity contribution in [3.8, 4) is 23.3 Å². The number of esters is 1. The van der Waals surface area contributed by atoms with Crippen molar-refractivity contribution >= 4 is 91.3 Å². The van der Waals surface area contributed by atoms with Gasteiger partial charge in [0.1, 0.15) is 39.0 Å².